The van der Waals surface area contributed by atoms with Gasteiger partial charge in [-0.05, 0) is 19.4 Å². The summed E-state index contributed by atoms with van der Waals surface area (Å²) in [6.07, 6.45) is 2.38. The smallest absolute Gasteiger partial charge is 0.236 e. The van der Waals surface area contributed by atoms with E-state index in [4.69, 9.17) is 0 Å². The molecule has 3 nitrogen and oxygen atoms in total. The molecule has 1 unspecified atom stereocenters. The van der Waals surface area contributed by atoms with Gasteiger partial charge in [0.1, 0.15) is 0 Å². The van der Waals surface area contributed by atoms with E-state index >= 15 is 0 Å². The topological polar surface area (TPSA) is 32.3 Å². The van der Waals surface area contributed by atoms with E-state index in [0.29, 0.717) is 6.54 Å². The van der Waals surface area contributed by atoms with Gasteiger partial charge in [0.15, 0.2) is 0 Å². The average molecular weight is 170 g/mol. The number of amides is 1. The Labute approximate surface area is 74.1 Å². The molecule has 1 saturated heterocycles. The fourth-order valence-corrected chi connectivity index (χ4v) is 1.66. The molecule has 0 aromatic heterocycles. The molecule has 12 heavy (non-hydrogen) atoms. The average Bonchev–Trinajstić information content (AvgIpc) is 2.52. The summed E-state index contributed by atoms with van der Waals surface area (Å²) >= 11 is 0. The van der Waals surface area contributed by atoms with Crippen molar-refractivity contribution in [1.29, 1.82) is 0 Å². The minimum absolute atomic E-state index is 0.244. The molecule has 1 aliphatic heterocycles. The van der Waals surface area contributed by atoms with E-state index in [1.54, 1.807) is 0 Å². The number of likely N-dealkylation sites (tertiary alicyclic amines) is 1. The number of hydrogen-bond donors (Lipinski definition) is 1. The Kier molecular flexibility index (Phi) is 3.53. The maximum absolute atomic E-state index is 11.4. The minimum atomic E-state index is 0.244. The van der Waals surface area contributed by atoms with Gasteiger partial charge >= 0.3 is 0 Å². The lowest BCUT2D eigenvalue weighted by atomic mass is 10.1. The molecule has 0 aliphatic carbocycles. The highest BCUT2D eigenvalue weighted by molar-refractivity contribution is 5.78. The van der Waals surface area contributed by atoms with Gasteiger partial charge in [-0.2, -0.15) is 0 Å². The van der Waals surface area contributed by atoms with Crippen molar-refractivity contribution in [2.75, 3.05) is 26.7 Å². The summed E-state index contributed by atoms with van der Waals surface area (Å²) < 4.78 is 0. The van der Waals surface area contributed by atoms with Crippen molar-refractivity contribution in [3.05, 3.63) is 0 Å². The molecule has 0 aromatic rings. The zero-order valence-corrected chi connectivity index (χ0v) is 7.97. The van der Waals surface area contributed by atoms with Crippen LogP contribution in [0.5, 0.6) is 0 Å². The number of nitrogens with zero attached hydrogens (tertiary/aromatic N) is 1. The van der Waals surface area contributed by atoms with Crippen LogP contribution in [-0.4, -0.2) is 37.5 Å². The Morgan fingerprint density at radius 2 is 2.42 bits per heavy atom. The number of rotatable bonds is 3. The summed E-state index contributed by atoms with van der Waals surface area (Å²) in [4.78, 5) is 13.3. The van der Waals surface area contributed by atoms with Gasteiger partial charge in [-0.15, -0.1) is 0 Å². The molecule has 1 aliphatic rings. The minimum Gasteiger partial charge on any atom is -0.341 e. The summed E-state index contributed by atoms with van der Waals surface area (Å²) in [7, 11) is 1.81. The molecule has 1 atom stereocenters. The van der Waals surface area contributed by atoms with Crippen molar-refractivity contribution in [2.24, 2.45) is 5.92 Å². The lowest BCUT2D eigenvalue weighted by molar-refractivity contribution is -0.129. The Bertz CT molecular complexity index is 159. The SMILES string of the molecule is CCC1CCN(C(=O)CNC)C1. The van der Waals surface area contributed by atoms with Gasteiger partial charge in [0, 0.05) is 13.1 Å². The maximum Gasteiger partial charge on any atom is 0.236 e. The first-order chi connectivity index (χ1) is 5.77. The van der Waals surface area contributed by atoms with Gasteiger partial charge in [-0.1, -0.05) is 13.3 Å². The standard InChI is InChI=1S/C9H18N2O/c1-3-8-4-5-11(7-8)9(12)6-10-2/h8,10H,3-7H2,1-2H3. The van der Waals surface area contributed by atoms with Gasteiger partial charge in [-0.3, -0.25) is 4.79 Å². The Hall–Kier alpha value is -0.570. The van der Waals surface area contributed by atoms with Crippen molar-refractivity contribution in [1.82, 2.24) is 10.2 Å². The lowest BCUT2D eigenvalue weighted by Gasteiger charge is -2.15. The van der Waals surface area contributed by atoms with Crippen molar-refractivity contribution >= 4 is 5.91 Å². The zero-order valence-electron chi connectivity index (χ0n) is 7.97. The molecular weight excluding hydrogens is 152 g/mol. The van der Waals surface area contributed by atoms with Crippen LogP contribution in [0.3, 0.4) is 0 Å². The Balaban J connectivity index is 2.31. The van der Waals surface area contributed by atoms with Crippen LogP contribution in [0.1, 0.15) is 19.8 Å². The molecule has 3 heteroatoms. The van der Waals surface area contributed by atoms with Crippen molar-refractivity contribution < 1.29 is 4.79 Å². The summed E-state index contributed by atoms with van der Waals surface area (Å²) in [5, 5.41) is 2.89. The van der Waals surface area contributed by atoms with Crippen LogP contribution in [0.25, 0.3) is 0 Å². The fraction of sp³-hybridized carbons (Fsp3) is 0.889. The van der Waals surface area contributed by atoms with Gasteiger partial charge in [0.05, 0.1) is 6.54 Å². The van der Waals surface area contributed by atoms with E-state index in [-0.39, 0.29) is 5.91 Å². The highest BCUT2D eigenvalue weighted by atomic mass is 16.2. The number of nitrogens with one attached hydrogen (secondary N) is 1. The molecule has 1 fully saturated rings. The van der Waals surface area contributed by atoms with Crippen LogP contribution < -0.4 is 5.32 Å². The first kappa shape index (κ1) is 9.52. The van der Waals surface area contributed by atoms with Crippen molar-refractivity contribution in [3.63, 3.8) is 0 Å². The third-order valence-corrected chi connectivity index (χ3v) is 2.54. The van der Waals surface area contributed by atoms with Crippen LogP contribution in [0.15, 0.2) is 0 Å². The highest BCUT2D eigenvalue weighted by Gasteiger charge is 2.23. The Morgan fingerprint density at radius 3 is 2.92 bits per heavy atom. The van der Waals surface area contributed by atoms with E-state index in [1.165, 1.54) is 12.8 Å². The summed E-state index contributed by atoms with van der Waals surface area (Å²) in [6, 6.07) is 0. The van der Waals surface area contributed by atoms with Gasteiger partial charge < -0.3 is 10.2 Å². The zero-order chi connectivity index (χ0) is 8.97. The van der Waals surface area contributed by atoms with Crippen molar-refractivity contribution in [3.8, 4) is 0 Å². The van der Waals surface area contributed by atoms with Gasteiger partial charge in [0.25, 0.3) is 0 Å². The summed E-state index contributed by atoms with van der Waals surface area (Å²) in [5.74, 6) is 0.985. The fourth-order valence-electron chi connectivity index (χ4n) is 1.66. The van der Waals surface area contributed by atoms with Crippen LogP contribution in [0.4, 0.5) is 0 Å². The first-order valence-corrected chi connectivity index (χ1v) is 4.70. The molecule has 1 rings (SSSR count). The molecule has 1 amide bonds. The second-order valence-corrected chi connectivity index (χ2v) is 3.43. The number of carbonyl (C=O) groups excluding carboxylic acids is 1. The van der Waals surface area contributed by atoms with E-state index in [1.807, 2.05) is 11.9 Å². The van der Waals surface area contributed by atoms with E-state index in [2.05, 4.69) is 12.2 Å². The molecule has 0 bridgehead atoms. The molecular formula is C9H18N2O. The normalized spacial score (nSPS) is 23.2. The summed E-state index contributed by atoms with van der Waals surface area (Å²) in [6.45, 7) is 4.60. The van der Waals surface area contributed by atoms with Gasteiger partial charge in [0.2, 0.25) is 5.91 Å². The third-order valence-electron chi connectivity index (χ3n) is 2.54. The van der Waals surface area contributed by atoms with Gasteiger partial charge in [-0.25, -0.2) is 0 Å². The van der Waals surface area contributed by atoms with Crippen LogP contribution >= 0.6 is 0 Å². The first-order valence-electron chi connectivity index (χ1n) is 4.70. The van der Waals surface area contributed by atoms with E-state index in [0.717, 1.165) is 19.0 Å². The number of carbonyl (C=O) groups is 1. The maximum atomic E-state index is 11.4. The third kappa shape index (κ3) is 2.21. The number of likely N-dealkylation sites (N-methyl/N-ethyl adjacent to an activating group) is 1. The second-order valence-electron chi connectivity index (χ2n) is 3.43. The van der Waals surface area contributed by atoms with Crippen molar-refractivity contribution in [2.45, 2.75) is 19.8 Å². The van der Waals surface area contributed by atoms with E-state index in [9.17, 15) is 4.79 Å². The van der Waals surface area contributed by atoms with Crippen LogP contribution in [-0.2, 0) is 4.79 Å². The largest absolute Gasteiger partial charge is 0.341 e. The molecule has 0 saturated carbocycles. The summed E-state index contributed by atoms with van der Waals surface area (Å²) in [5.41, 5.74) is 0. The molecule has 0 aromatic carbocycles. The quantitative estimate of drug-likeness (QED) is 0.667. The molecule has 1 heterocycles. The lowest BCUT2D eigenvalue weighted by Crippen LogP contribution is -2.35. The molecule has 0 radical (unpaired) electrons. The second kappa shape index (κ2) is 4.45. The predicted molar refractivity (Wildman–Crippen MR) is 48.9 cm³/mol. The number of hydrogen-bond acceptors (Lipinski definition) is 2. The molecule has 0 spiro atoms. The molecule has 1 N–H and O–H groups in total. The van der Waals surface area contributed by atoms with Crippen LogP contribution in [0, 0.1) is 5.92 Å². The predicted octanol–water partition coefficient (Wildman–Crippen LogP) is 0.464. The van der Waals surface area contributed by atoms with E-state index < -0.39 is 0 Å². The monoisotopic (exact) mass is 170 g/mol. The highest BCUT2D eigenvalue weighted by Crippen LogP contribution is 2.18. The Morgan fingerprint density at radius 1 is 1.67 bits per heavy atom. The van der Waals surface area contributed by atoms with Crippen LogP contribution in [0.2, 0.25) is 0 Å². The molecule has 70 valence electrons.